The molecule has 1 saturated heterocycles. The van der Waals surface area contributed by atoms with Crippen LogP contribution in [0, 0.1) is 18.7 Å². The molecule has 1 aliphatic rings. The van der Waals surface area contributed by atoms with E-state index in [1.165, 1.54) is 18.2 Å². The summed E-state index contributed by atoms with van der Waals surface area (Å²) in [7, 11) is 0. The van der Waals surface area contributed by atoms with Crippen LogP contribution in [0.15, 0.2) is 60.8 Å². The Bertz CT molecular complexity index is 1730. The predicted octanol–water partition coefficient (Wildman–Crippen LogP) is 6.61. The molecule has 2 aromatic carbocycles. The quantitative estimate of drug-likeness (QED) is 0.197. The van der Waals surface area contributed by atoms with Crippen LogP contribution in [-0.2, 0) is 16.8 Å². The van der Waals surface area contributed by atoms with Crippen molar-refractivity contribution in [2.45, 2.75) is 66.3 Å². The lowest BCUT2D eigenvalue weighted by molar-refractivity contribution is -0.135. The Morgan fingerprint density at radius 2 is 1.81 bits per heavy atom. The van der Waals surface area contributed by atoms with Crippen molar-refractivity contribution in [1.29, 1.82) is 0 Å². The summed E-state index contributed by atoms with van der Waals surface area (Å²) in [4.78, 5) is 39.1. The van der Waals surface area contributed by atoms with Gasteiger partial charge in [0.1, 0.15) is 17.4 Å². The number of carbonyl (C=O) groups is 2. The fourth-order valence-corrected chi connectivity index (χ4v) is 5.65. The maximum absolute atomic E-state index is 14.4. The van der Waals surface area contributed by atoms with Gasteiger partial charge in [0.2, 0.25) is 17.7 Å². The second-order valence-corrected chi connectivity index (χ2v) is 13.1. The zero-order valence-corrected chi connectivity index (χ0v) is 28.6. The average Bonchev–Trinajstić information content (AvgIpc) is 3.50. The van der Waals surface area contributed by atoms with Crippen LogP contribution in [0.25, 0.3) is 5.69 Å². The Morgan fingerprint density at radius 3 is 2.52 bits per heavy atom. The number of nitrogens with one attached hydrogen (secondary N) is 2. The van der Waals surface area contributed by atoms with Crippen molar-refractivity contribution in [1.82, 2.24) is 30.0 Å². The van der Waals surface area contributed by atoms with Gasteiger partial charge in [0.25, 0.3) is 0 Å². The molecule has 1 fully saturated rings. The number of urea groups is 1. The van der Waals surface area contributed by atoms with Crippen LogP contribution in [0.4, 0.5) is 21.0 Å². The lowest BCUT2D eigenvalue weighted by Gasteiger charge is -2.34. The minimum absolute atomic E-state index is 0.0110. The first-order valence-electron chi connectivity index (χ1n) is 16.5. The summed E-state index contributed by atoms with van der Waals surface area (Å²) < 4.78 is 22.2. The van der Waals surface area contributed by atoms with Gasteiger partial charge in [0, 0.05) is 62.0 Å². The van der Waals surface area contributed by atoms with Crippen molar-refractivity contribution in [3.63, 3.8) is 0 Å². The van der Waals surface area contributed by atoms with Crippen molar-refractivity contribution in [3.8, 4) is 17.3 Å². The lowest BCUT2D eigenvalue weighted by Crippen LogP contribution is -2.45. The predicted molar refractivity (Wildman–Crippen MR) is 184 cm³/mol. The van der Waals surface area contributed by atoms with E-state index in [-0.39, 0.29) is 29.7 Å². The number of hydrogen-bond donors (Lipinski definition) is 2. The molecule has 0 spiro atoms. The molecule has 3 heterocycles. The molecule has 48 heavy (non-hydrogen) atoms. The molecule has 0 radical (unpaired) electrons. The normalized spacial score (nSPS) is 14.8. The molecule has 1 unspecified atom stereocenters. The van der Waals surface area contributed by atoms with E-state index in [1.807, 2.05) is 60.9 Å². The Morgan fingerprint density at radius 1 is 1.06 bits per heavy atom. The highest BCUT2D eigenvalue weighted by atomic mass is 19.1. The summed E-state index contributed by atoms with van der Waals surface area (Å²) >= 11 is 0. The van der Waals surface area contributed by atoms with Gasteiger partial charge in [0.05, 0.1) is 17.3 Å². The minimum atomic E-state index is -0.484. The fourth-order valence-electron chi connectivity index (χ4n) is 5.65. The van der Waals surface area contributed by atoms with Crippen LogP contribution >= 0.6 is 0 Å². The highest BCUT2D eigenvalue weighted by molar-refractivity contribution is 5.88. The van der Waals surface area contributed by atoms with Gasteiger partial charge in [-0.3, -0.25) is 10.1 Å². The molecule has 4 aromatic rings. The second-order valence-electron chi connectivity index (χ2n) is 13.1. The number of aryl methyl sites for hydroxylation is 1. The van der Waals surface area contributed by atoms with Crippen LogP contribution in [0.1, 0.15) is 64.3 Å². The number of anilines is 2. The second kappa shape index (κ2) is 14.8. The van der Waals surface area contributed by atoms with Gasteiger partial charge in [-0.2, -0.15) is 10.1 Å². The van der Waals surface area contributed by atoms with Gasteiger partial charge in [-0.15, -0.1) is 0 Å². The molecule has 12 heteroatoms. The smallest absolute Gasteiger partial charge is 0.320 e. The minimum Gasteiger partial charge on any atom is -0.439 e. The summed E-state index contributed by atoms with van der Waals surface area (Å²) in [6.07, 6.45) is 3.28. The molecule has 0 saturated carbocycles. The average molecular weight is 657 g/mol. The van der Waals surface area contributed by atoms with E-state index in [0.29, 0.717) is 42.7 Å². The van der Waals surface area contributed by atoms with E-state index in [4.69, 9.17) is 9.84 Å². The summed E-state index contributed by atoms with van der Waals surface area (Å²) in [6, 6.07) is 15.0. The van der Waals surface area contributed by atoms with E-state index >= 15 is 0 Å². The third-order valence-electron chi connectivity index (χ3n) is 8.42. The van der Waals surface area contributed by atoms with Gasteiger partial charge >= 0.3 is 6.03 Å². The number of amides is 3. The summed E-state index contributed by atoms with van der Waals surface area (Å²) in [5.74, 6) is 1.14. The van der Waals surface area contributed by atoms with Crippen molar-refractivity contribution in [2.75, 3.05) is 36.4 Å². The van der Waals surface area contributed by atoms with E-state index in [0.717, 1.165) is 36.3 Å². The molecular formula is C36H45FN8O3. The highest BCUT2D eigenvalue weighted by Gasteiger charge is 2.29. The molecule has 2 N–H and O–H groups in total. The SMILES string of the molecule is CCN(CC)C(=O)C1CCCN(c2nccc(Oc3ccc(F)cc3CNC(=O)Nc3cc(C(C)(C)C)nn3-c3ccc(C)cc3)n2)C1. The molecule has 1 atom stereocenters. The lowest BCUT2D eigenvalue weighted by atomic mass is 9.92. The first-order valence-corrected chi connectivity index (χ1v) is 16.5. The topological polar surface area (TPSA) is 118 Å². The Hall–Kier alpha value is -5.00. The molecule has 254 valence electrons. The number of nitrogens with zero attached hydrogens (tertiary/aromatic N) is 6. The number of rotatable bonds is 10. The monoisotopic (exact) mass is 656 g/mol. The molecule has 11 nitrogen and oxygen atoms in total. The zero-order chi connectivity index (χ0) is 34.4. The third-order valence-corrected chi connectivity index (χ3v) is 8.42. The first-order chi connectivity index (χ1) is 22.9. The summed E-state index contributed by atoms with van der Waals surface area (Å²) in [5, 5.41) is 10.5. The number of aromatic nitrogens is 4. The van der Waals surface area contributed by atoms with E-state index in [2.05, 4.69) is 41.4 Å². The Labute approximate surface area is 281 Å². The van der Waals surface area contributed by atoms with Crippen molar-refractivity contribution in [2.24, 2.45) is 5.92 Å². The van der Waals surface area contributed by atoms with Crippen LogP contribution in [0.5, 0.6) is 11.6 Å². The zero-order valence-electron chi connectivity index (χ0n) is 28.6. The molecule has 3 amide bonds. The van der Waals surface area contributed by atoms with Gasteiger partial charge in [-0.25, -0.2) is 18.9 Å². The molecule has 0 bridgehead atoms. The number of piperidine rings is 1. The number of ether oxygens (including phenoxy) is 1. The Kier molecular flexibility index (Phi) is 10.6. The number of benzene rings is 2. The van der Waals surface area contributed by atoms with Crippen LogP contribution < -0.4 is 20.3 Å². The van der Waals surface area contributed by atoms with Gasteiger partial charge < -0.3 is 19.9 Å². The van der Waals surface area contributed by atoms with Crippen molar-refractivity contribution >= 4 is 23.7 Å². The van der Waals surface area contributed by atoms with Crippen LogP contribution in [0.3, 0.4) is 0 Å². The van der Waals surface area contributed by atoms with E-state index in [1.54, 1.807) is 16.9 Å². The largest absolute Gasteiger partial charge is 0.439 e. The maximum Gasteiger partial charge on any atom is 0.320 e. The fraction of sp³-hybridized carbons (Fsp3) is 0.417. The summed E-state index contributed by atoms with van der Waals surface area (Å²) in [6.45, 7) is 14.8. The summed E-state index contributed by atoms with van der Waals surface area (Å²) in [5.41, 5.74) is 2.93. The first kappa shape index (κ1) is 34.3. The van der Waals surface area contributed by atoms with E-state index < -0.39 is 11.8 Å². The van der Waals surface area contributed by atoms with Gasteiger partial charge in [-0.05, 0) is 63.9 Å². The molecule has 5 rings (SSSR count). The number of hydrogen-bond acceptors (Lipinski definition) is 7. The standard InChI is InChI=1S/C36H45FN8O3/c1-7-43(8-2)33(46)25-10-9-19-44(23-25)34-38-18-17-32(41-34)48-29-16-13-27(37)20-26(29)22-39-35(47)40-31-21-30(36(4,5)6)42-45(31)28-14-11-24(3)12-15-28/h11-18,20-21,25H,7-10,19,22-23H2,1-6H3,(H2,39,40,47). The molecular weight excluding hydrogens is 611 g/mol. The number of carbonyl (C=O) groups excluding carboxylic acids is 2. The molecule has 0 aliphatic carbocycles. The maximum atomic E-state index is 14.4. The van der Waals surface area contributed by atoms with Crippen molar-refractivity contribution in [3.05, 3.63) is 83.4 Å². The third kappa shape index (κ3) is 8.28. The molecule has 2 aromatic heterocycles. The Balaban J connectivity index is 1.28. The highest BCUT2D eigenvalue weighted by Crippen LogP contribution is 2.29. The van der Waals surface area contributed by atoms with Crippen LogP contribution in [-0.4, -0.2) is 62.8 Å². The van der Waals surface area contributed by atoms with Gasteiger partial charge in [0.15, 0.2) is 0 Å². The van der Waals surface area contributed by atoms with Gasteiger partial charge in [-0.1, -0.05) is 38.5 Å². The van der Waals surface area contributed by atoms with Crippen molar-refractivity contribution < 1.29 is 18.7 Å². The molecule has 1 aliphatic heterocycles. The number of halogens is 1. The van der Waals surface area contributed by atoms with Crippen LogP contribution in [0.2, 0.25) is 0 Å². The van der Waals surface area contributed by atoms with E-state index in [9.17, 15) is 14.0 Å².